The molecule has 1 aliphatic rings. The molecule has 0 saturated heterocycles. The lowest BCUT2D eigenvalue weighted by Gasteiger charge is -2.25. The highest BCUT2D eigenvalue weighted by atomic mass is 32.2. The summed E-state index contributed by atoms with van der Waals surface area (Å²) in [5.41, 5.74) is 1.26. The van der Waals surface area contributed by atoms with Crippen molar-refractivity contribution in [2.24, 2.45) is 5.92 Å². The van der Waals surface area contributed by atoms with Crippen molar-refractivity contribution < 1.29 is 13.5 Å². The molecule has 1 heterocycles. The van der Waals surface area contributed by atoms with Gasteiger partial charge in [0.1, 0.15) is 0 Å². The first-order valence-corrected chi connectivity index (χ1v) is 8.40. The standard InChI is InChI=1S/C14H22N2O3S/c1-11(2)10-15-20(18,19)16-9-5-8-14(17)12-6-3-4-7-13(12)16/h3-4,6-7,11,14-15,17H,5,8-10H2,1-2H3. The van der Waals surface area contributed by atoms with Gasteiger partial charge in [-0.05, 0) is 24.8 Å². The van der Waals surface area contributed by atoms with Crippen molar-refractivity contribution >= 4 is 15.9 Å². The summed E-state index contributed by atoms with van der Waals surface area (Å²) in [7, 11) is -3.57. The van der Waals surface area contributed by atoms with Gasteiger partial charge in [0.15, 0.2) is 0 Å². The van der Waals surface area contributed by atoms with Crippen molar-refractivity contribution in [2.75, 3.05) is 17.4 Å². The van der Waals surface area contributed by atoms with Crippen LogP contribution >= 0.6 is 0 Å². The molecule has 2 rings (SSSR count). The van der Waals surface area contributed by atoms with Gasteiger partial charge in [0, 0.05) is 18.7 Å². The average Bonchev–Trinajstić information content (AvgIpc) is 2.57. The Bertz CT molecular complexity index is 557. The second kappa shape index (κ2) is 6.11. The van der Waals surface area contributed by atoms with Crippen molar-refractivity contribution in [1.82, 2.24) is 4.72 Å². The van der Waals surface area contributed by atoms with Crippen LogP contribution in [0.3, 0.4) is 0 Å². The van der Waals surface area contributed by atoms with E-state index in [0.29, 0.717) is 37.2 Å². The van der Waals surface area contributed by atoms with Crippen molar-refractivity contribution in [3.63, 3.8) is 0 Å². The molecule has 1 atom stereocenters. The Morgan fingerprint density at radius 2 is 2.10 bits per heavy atom. The summed E-state index contributed by atoms with van der Waals surface area (Å²) < 4.78 is 28.9. The highest BCUT2D eigenvalue weighted by Crippen LogP contribution is 2.33. The minimum atomic E-state index is -3.57. The van der Waals surface area contributed by atoms with E-state index in [-0.39, 0.29) is 5.92 Å². The Labute approximate surface area is 120 Å². The average molecular weight is 298 g/mol. The number of fused-ring (bicyclic) bond motifs is 1. The predicted molar refractivity (Wildman–Crippen MR) is 79.7 cm³/mol. The van der Waals surface area contributed by atoms with Gasteiger partial charge in [0.2, 0.25) is 0 Å². The Hall–Kier alpha value is -1.11. The fraction of sp³-hybridized carbons (Fsp3) is 0.571. The summed E-state index contributed by atoms with van der Waals surface area (Å²) in [6, 6.07) is 7.15. The lowest BCUT2D eigenvalue weighted by Crippen LogP contribution is -2.42. The van der Waals surface area contributed by atoms with Crippen molar-refractivity contribution in [2.45, 2.75) is 32.8 Å². The van der Waals surface area contributed by atoms with Gasteiger partial charge in [0.25, 0.3) is 0 Å². The van der Waals surface area contributed by atoms with E-state index in [0.717, 1.165) is 0 Å². The summed E-state index contributed by atoms with van der Waals surface area (Å²) in [6.07, 6.45) is 0.613. The van der Waals surface area contributed by atoms with Crippen LogP contribution in [0.25, 0.3) is 0 Å². The summed E-state index contributed by atoms with van der Waals surface area (Å²) >= 11 is 0. The Morgan fingerprint density at radius 1 is 1.40 bits per heavy atom. The van der Waals surface area contributed by atoms with E-state index >= 15 is 0 Å². The third kappa shape index (κ3) is 3.31. The molecule has 0 amide bonds. The lowest BCUT2D eigenvalue weighted by molar-refractivity contribution is 0.168. The first-order valence-electron chi connectivity index (χ1n) is 6.96. The smallest absolute Gasteiger partial charge is 0.301 e. The molecule has 20 heavy (non-hydrogen) atoms. The third-order valence-corrected chi connectivity index (χ3v) is 4.86. The molecule has 0 bridgehead atoms. The van der Waals surface area contributed by atoms with Crippen LogP contribution in [0.5, 0.6) is 0 Å². The highest BCUT2D eigenvalue weighted by Gasteiger charge is 2.28. The Balaban J connectivity index is 2.34. The molecular formula is C14H22N2O3S. The molecule has 1 aliphatic heterocycles. The van der Waals surface area contributed by atoms with E-state index in [2.05, 4.69) is 4.72 Å². The van der Waals surface area contributed by atoms with Gasteiger partial charge in [-0.15, -0.1) is 0 Å². The number of anilines is 1. The molecule has 0 fully saturated rings. The maximum Gasteiger partial charge on any atom is 0.301 e. The zero-order valence-electron chi connectivity index (χ0n) is 11.9. The van der Waals surface area contributed by atoms with Crippen LogP contribution in [-0.4, -0.2) is 26.6 Å². The molecule has 1 aromatic carbocycles. The van der Waals surface area contributed by atoms with Crippen molar-refractivity contribution in [1.29, 1.82) is 0 Å². The van der Waals surface area contributed by atoms with Gasteiger partial charge >= 0.3 is 10.2 Å². The van der Waals surface area contributed by atoms with Gasteiger partial charge in [-0.2, -0.15) is 13.1 Å². The Morgan fingerprint density at radius 3 is 2.80 bits per heavy atom. The number of hydrogen-bond donors (Lipinski definition) is 2. The minimum Gasteiger partial charge on any atom is -0.388 e. The van der Waals surface area contributed by atoms with Gasteiger partial charge < -0.3 is 5.11 Å². The minimum absolute atomic E-state index is 0.248. The molecule has 1 unspecified atom stereocenters. The van der Waals surface area contributed by atoms with E-state index in [4.69, 9.17) is 0 Å². The largest absolute Gasteiger partial charge is 0.388 e. The monoisotopic (exact) mass is 298 g/mol. The van der Waals surface area contributed by atoms with Crippen LogP contribution in [0.2, 0.25) is 0 Å². The fourth-order valence-electron chi connectivity index (χ4n) is 2.30. The number of rotatable bonds is 4. The first kappa shape index (κ1) is 15.3. The van der Waals surface area contributed by atoms with E-state index in [9.17, 15) is 13.5 Å². The molecule has 2 N–H and O–H groups in total. The zero-order valence-corrected chi connectivity index (χ0v) is 12.7. The van der Waals surface area contributed by atoms with E-state index in [1.54, 1.807) is 18.2 Å². The van der Waals surface area contributed by atoms with E-state index in [1.165, 1.54) is 4.31 Å². The molecule has 5 nitrogen and oxygen atoms in total. The number of benzene rings is 1. The van der Waals surface area contributed by atoms with Crippen LogP contribution in [0, 0.1) is 5.92 Å². The SMILES string of the molecule is CC(C)CNS(=O)(=O)N1CCCC(O)c2ccccc21. The summed E-state index contributed by atoms with van der Waals surface area (Å²) in [4.78, 5) is 0. The summed E-state index contributed by atoms with van der Waals surface area (Å²) in [6.45, 7) is 4.72. The quantitative estimate of drug-likeness (QED) is 0.890. The molecule has 6 heteroatoms. The first-order chi connectivity index (χ1) is 9.42. The maximum atomic E-state index is 12.4. The molecule has 0 aliphatic carbocycles. The lowest BCUT2D eigenvalue weighted by atomic mass is 10.1. The number of aliphatic hydroxyl groups is 1. The highest BCUT2D eigenvalue weighted by molar-refractivity contribution is 7.90. The number of aliphatic hydroxyl groups excluding tert-OH is 1. The van der Waals surface area contributed by atoms with Crippen LogP contribution in [-0.2, 0) is 10.2 Å². The van der Waals surface area contributed by atoms with Crippen LogP contribution < -0.4 is 9.03 Å². The second-order valence-electron chi connectivity index (χ2n) is 5.54. The predicted octanol–water partition coefficient (Wildman–Crippen LogP) is 1.81. The Kier molecular flexibility index (Phi) is 4.67. The molecule has 112 valence electrons. The maximum absolute atomic E-state index is 12.4. The fourth-order valence-corrected chi connectivity index (χ4v) is 3.79. The normalized spacial score (nSPS) is 19.8. The van der Waals surface area contributed by atoms with Crippen molar-refractivity contribution in [3.8, 4) is 0 Å². The zero-order chi connectivity index (χ0) is 14.8. The van der Waals surface area contributed by atoms with Gasteiger partial charge in [-0.25, -0.2) is 0 Å². The van der Waals surface area contributed by atoms with Crippen LogP contribution in [0.4, 0.5) is 5.69 Å². The third-order valence-electron chi connectivity index (χ3n) is 3.37. The molecule has 0 aromatic heterocycles. The van der Waals surface area contributed by atoms with E-state index in [1.807, 2.05) is 19.9 Å². The van der Waals surface area contributed by atoms with Gasteiger partial charge in [-0.3, -0.25) is 4.31 Å². The van der Waals surface area contributed by atoms with Crippen LogP contribution in [0.15, 0.2) is 24.3 Å². The van der Waals surface area contributed by atoms with Crippen molar-refractivity contribution in [3.05, 3.63) is 29.8 Å². The topological polar surface area (TPSA) is 69.6 Å². The second-order valence-corrected chi connectivity index (χ2v) is 7.22. The number of nitrogens with one attached hydrogen (secondary N) is 1. The van der Waals surface area contributed by atoms with E-state index < -0.39 is 16.3 Å². The van der Waals surface area contributed by atoms with Crippen LogP contribution in [0.1, 0.15) is 38.4 Å². The number of nitrogens with zero attached hydrogens (tertiary/aromatic N) is 1. The number of hydrogen-bond acceptors (Lipinski definition) is 3. The molecule has 0 spiro atoms. The summed E-state index contributed by atoms with van der Waals surface area (Å²) in [5.74, 6) is 0.248. The molecule has 0 radical (unpaired) electrons. The molecule has 1 aromatic rings. The summed E-state index contributed by atoms with van der Waals surface area (Å²) in [5, 5.41) is 10.1. The van der Waals surface area contributed by atoms with Gasteiger partial charge in [-0.1, -0.05) is 32.0 Å². The molecule has 0 saturated carbocycles. The van der Waals surface area contributed by atoms with Gasteiger partial charge in [0.05, 0.1) is 11.8 Å². The number of para-hydroxylation sites is 1. The molecular weight excluding hydrogens is 276 g/mol.